The lowest BCUT2D eigenvalue weighted by Gasteiger charge is -2.47. The van der Waals surface area contributed by atoms with Crippen LogP contribution in [0, 0.1) is 0 Å². The Hall–Kier alpha value is 0.510. The summed E-state index contributed by atoms with van der Waals surface area (Å²) in [6, 6.07) is 0.426. The van der Waals surface area contributed by atoms with Gasteiger partial charge >= 0.3 is 5.97 Å². The number of nitrogens with zero attached hydrogens (tertiary/aromatic N) is 3. The molecule has 0 spiro atoms. The Balaban J connectivity index is 2.60. The summed E-state index contributed by atoms with van der Waals surface area (Å²) in [5, 5.41) is 0. The van der Waals surface area contributed by atoms with Crippen molar-refractivity contribution in [3.8, 4) is 0 Å². The van der Waals surface area contributed by atoms with Gasteiger partial charge in [-0.05, 0) is 94.1 Å². The minimum Gasteiger partial charge on any atom is -0.460 e. The molecule has 0 saturated carbocycles. The summed E-state index contributed by atoms with van der Waals surface area (Å²) in [5.41, 5.74) is -0.976. The molecule has 26 heavy (non-hydrogen) atoms. The number of hydrogen-bond acceptors (Lipinski definition) is 4. The van der Waals surface area contributed by atoms with E-state index in [-0.39, 0.29) is 17.9 Å². The fraction of sp³-hybridized carbons (Fsp3) is 0.941. The molecule has 0 amide bonds. The van der Waals surface area contributed by atoms with E-state index in [0.717, 1.165) is 34.4 Å². The zero-order valence-corrected chi connectivity index (χ0v) is 19.4. The highest BCUT2D eigenvalue weighted by atomic mass is 35.5. The number of quaternary nitrogens is 1. The fourth-order valence-electron chi connectivity index (χ4n) is 3.44. The van der Waals surface area contributed by atoms with Gasteiger partial charge in [-0.1, -0.05) is 0 Å². The molecule has 1 rings (SSSR count). The van der Waals surface area contributed by atoms with Gasteiger partial charge in [-0.15, -0.1) is 7.88 Å². The Morgan fingerprint density at radius 2 is 1.65 bits per heavy atom. The molecule has 2 atom stereocenters. The van der Waals surface area contributed by atoms with Gasteiger partial charge in [-0.2, -0.15) is 0 Å². The van der Waals surface area contributed by atoms with Crippen LogP contribution < -0.4 is 0 Å². The second-order valence-corrected chi connectivity index (χ2v) is 10.5. The quantitative estimate of drug-likeness (QED) is 0.278. The van der Waals surface area contributed by atoms with Gasteiger partial charge in [0.1, 0.15) is 13.2 Å². The van der Waals surface area contributed by atoms with Crippen LogP contribution in [0.1, 0.15) is 59.8 Å². The van der Waals surface area contributed by atoms with E-state index in [4.69, 9.17) is 51.8 Å². The van der Waals surface area contributed by atoms with E-state index in [1.54, 1.807) is 13.8 Å². The Morgan fingerprint density at radius 3 is 2.19 bits per heavy atom. The zero-order valence-electron chi connectivity index (χ0n) is 16.4. The molecule has 0 radical (unpaired) electrons. The maximum Gasteiger partial charge on any atom is 0.307 e. The summed E-state index contributed by atoms with van der Waals surface area (Å²) in [5.74, 6) is -0.297. The molecule has 1 heterocycles. The summed E-state index contributed by atoms with van der Waals surface area (Å²) < 4.78 is 8.56. The van der Waals surface area contributed by atoms with Crippen molar-refractivity contribution in [1.82, 2.24) is 7.88 Å². The maximum atomic E-state index is 12.1. The number of piperidine rings is 1. The molecule has 1 saturated heterocycles. The number of ether oxygens (including phenoxy) is 1. The first-order valence-corrected chi connectivity index (χ1v) is 10.4. The highest BCUT2D eigenvalue weighted by molar-refractivity contribution is 6.34. The SMILES string of the molecule is CC(C)(CC(=O)OCC[N+]1(C)CCCCC1CC(C)(C)N(Cl)Cl)N(Cl)Cl. The summed E-state index contributed by atoms with van der Waals surface area (Å²) in [6.07, 6.45) is 4.51. The van der Waals surface area contributed by atoms with Gasteiger partial charge in [0, 0.05) is 6.42 Å². The summed E-state index contributed by atoms with van der Waals surface area (Å²) in [6.45, 7) is 9.85. The van der Waals surface area contributed by atoms with Gasteiger partial charge in [0.25, 0.3) is 0 Å². The third-order valence-corrected chi connectivity index (χ3v) is 7.26. The maximum absolute atomic E-state index is 12.1. The molecule has 0 bridgehead atoms. The second-order valence-electron chi connectivity index (χ2n) is 8.77. The molecule has 0 aromatic rings. The Labute approximate surface area is 178 Å². The zero-order chi connectivity index (χ0) is 20.2. The summed E-state index contributed by atoms with van der Waals surface area (Å²) >= 11 is 23.5. The normalized spacial score (nSPS) is 25.0. The molecular weight excluding hydrogens is 420 g/mol. The first kappa shape index (κ1) is 24.5. The van der Waals surface area contributed by atoms with Gasteiger partial charge < -0.3 is 9.22 Å². The molecule has 0 aromatic carbocycles. The largest absolute Gasteiger partial charge is 0.460 e. The number of likely N-dealkylation sites (N-methyl/N-ethyl adjacent to an activating group) is 1. The van der Waals surface area contributed by atoms with Crippen molar-refractivity contribution in [3.05, 3.63) is 0 Å². The van der Waals surface area contributed by atoms with Crippen molar-refractivity contribution in [2.24, 2.45) is 0 Å². The highest BCUT2D eigenvalue weighted by Crippen LogP contribution is 2.34. The molecule has 154 valence electrons. The first-order valence-electron chi connectivity index (χ1n) is 9.04. The van der Waals surface area contributed by atoms with Crippen molar-refractivity contribution in [1.29, 1.82) is 0 Å². The fourth-order valence-corrected chi connectivity index (χ4v) is 3.70. The van der Waals surface area contributed by atoms with Crippen LogP contribution in [0.25, 0.3) is 0 Å². The van der Waals surface area contributed by atoms with E-state index >= 15 is 0 Å². The van der Waals surface area contributed by atoms with Crippen molar-refractivity contribution in [3.63, 3.8) is 0 Å². The summed E-state index contributed by atoms with van der Waals surface area (Å²) in [7, 11) is 2.23. The summed E-state index contributed by atoms with van der Waals surface area (Å²) in [4.78, 5) is 12.1. The smallest absolute Gasteiger partial charge is 0.307 e. The molecule has 1 aliphatic rings. The molecule has 1 fully saturated rings. The number of carbonyl (C=O) groups excluding carboxylic acids is 1. The third-order valence-electron chi connectivity index (χ3n) is 5.43. The predicted octanol–water partition coefficient (Wildman–Crippen LogP) is 5.09. The van der Waals surface area contributed by atoms with Gasteiger partial charge in [-0.3, -0.25) is 4.79 Å². The van der Waals surface area contributed by atoms with Crippen molar-refractivity contribution in [2.75, 3.05) is 26.7 Å². The number of hydrogen-bond donors (Lipinski definition) is 0. The Bertz CT molecular complexity index is 475. The number of rotatable bonds is 9. The van der Waals surface area contributed by atoms with Crippen molar-refractivity contribution < 1.29 is 14.0 Å². The van der Waals surface area contributed by atoms with Crippen LogP contribution >= 0.6 is 47.1 Å². The van der Waals surface area contributed by atoms with Crippen LogP contribution in [-0.4, -0.2) is 62.2 Å². The molecule has 2 unspecified atom stereocenters. The van der Waals surface area contributed by atoms with E-state index in [1.807, 2.05) is 13.8 Å². The van der Waals surface area contributed by atoms with Crippen LogP contribution in [0.4, 0.5) is 0 Å². The van der Waals surface area contributed by atoms with Crippen LogP contribution in [-0.2, 0) is 9.53 Å². The van der Waals surface area contributed by atoms with E-state index in [1.165, 1.54) is 16.8 Å². The van der Waals surface area contributed by atoms with E-state index in [2.05, 4.69) is 7.05 Å². The first-order chi connectivity index (χ1) is 11.8. The number of likely N-dealkylation sites (tertiary alicyclic amines) is 1. The lowest BCUT2D eigenvalue weighted by atomic mass is 9.88. The van der Waals surface area contributed by atoms with Crippen LogP contribution in [0.15, 0.2) is 0 Å². The lowest BCUT2D eigenvalue weighted by molar-refractivity contribution is -0.939. The number of carbonyl (C=O) groups is 1. The van der Waals surface area contributed by atoms with Crippen molar-refractivity contribution in [2.45, 2.75) is 76.9 Å². The van der Waals surface area contributed by atoms with Crippen LogP contribution in [0.2, 0.25) is 0 Å². The van der Waals surface area contributed by atoms with E-state index in [0.29, 0.717) is 12.6 Å². The van der Waals surface area contributed by atoms with Gasteiger partial charge in [0.05, 0.1) is 37.1 Å². The van der Waals surface area contributed by atoms with E-state index in [9.17, 15) is 4.79 Å². The molecule has 1 aliphatic heterocycles. The number of halogens is 4. The number of esters is 1. The van der Waals surface area contributed by atoms with Crippen LogP contribution in [0.5, 0.6) is 0 Å². The minimum atomic E-state index is -0.666. The van der Waals surface area contributed by atoms with Gasteiger partial charge in [0.15, 0.2) is 0 Å². The average molecular weight is 452 g/mol. The minimum absolute atomic E-state index is 0.133. The topological polar surface area (TPSA) is 32.8 Å². The van der Waals surface area contributed by atoms with E-state index < -0.39 is 5.54 Å². The second kappa shape index (κ2) is 9.82. The lowest BCUT2D eigenvalue weighted by Crippen LogP contribution is -2.59. The van der Waals surface area contributed by atoms with Gasteiger partial charge in [0.2, 0.25) is 0 Å². The Kier molecular flexibility index (Phi) is 9.27. The molecule has 0 N–H and O–H groups in total. The standard InChI is InChI=1S/C17H32Cl4N3O2/c1-16(2,22(18)19)12-14-8-6-7-9-24(14,5)10-11-26-15(25)13-17(3,4)23(20)21/h14H,6-13H2,1-5H3/q+1. The molecule has 0 aromatic heterocycles. The molecular formula is C17H32Cl4N3O2+. The highest BCUT2D eigenvalue weighted by Gasteiger charge is 2.41. The van der Waals surface area contributed by atoms with Gasteiger partial charge in [-0.25, -0.2) is 0 Å². The Morgan fingerprint density at radius 1 is 1.08 bits per heavy atom. The monoisotopic (exact) mass is 450 g/mol. The molecule has 5 nitrogen and oxygen atoms in total. The average Bonchev–Trinajstić information content (AvgIpc) is 2.48. The third kappa shape index (κ3) is 7.16. The van der Waals surface area contributed by atoms with Crippen LogP contribution in [0.3, 0.4) is 0 Å². The molecule has 9 heteroatoms. The predicted molar refractivity (Wildman–Crippen MR) is 109 cm³/mol. The van der Waals surface area contributed by atoms with Crippen molar-refractivity contribution >= 4 is 53.1 Å². The molecule has 0 aliphatic carbocycles.